The minimum Gasteiger partial charge on any atom is -0.477 e. The van der Waals surface area contributed by atoms with Crippen molar-refractivity contribution >= 4 is 28.9 Å². The summed E-state index contributed by atoms with van der Waals surface area (Å²) in [6, 6.07) is 7.92. The van der Waals surface area contributed by atoms with Crippen molar-refractivity contribution in [3.63, 3.8) is 0 Å². The molecule has 114 valence electrons. The maximum Gasteiger partial charge on any atom is 0.347 e. The highest BCUT2D eigenvalue weighted by Crippen LogP contribution is 2.28. The van der Waals surface area contributed by atoms with E-state index in [-0.39, 0.29) is 17.2 Å². The molecule has 0 atom stereocenters. The Labute approximate surface area is 132 Å². The van der Waals surface area contributed by atoms with Crippen molar-refractivity contribution in [2.75, 3.05) is 11.4 Å². The van der Waals surface area contributed by atoms with E-state index in [1.807, 2.05) is 24.3 Å². The van der Waals surface area contributed by atoms with Gasteiger partial charge in [-0.05, 0) is 31.4 Å². The van der Waals surface area contributed by atoms with Gasteiger partial charge in [-0.2, -0.15) is 0 Å². The van der Waals surface area contributed by atoms with E-state index in [4.69, 9.17) is 5.11 Å². The molecule has 6 heteroatoms. The van der Waals surface area contributed by atoms with Crippen molar-refractivity contribution in [1.29, 1.82) is 0 Å². The molecule has 0 radical (unpaired) electrons. The zero-order chi connectivity index (χ0) is 15.7. The van der Waals surface area contributed by atoms with Crippen molar-refractivity contribution in [3.05, 3.63) is 45.4 Å². The van der Waals surface area contributed by atoms with E-state index in [2.05, 4.69) is 4.98 Å². The van der Waals surface area contributed by atoms with Crippen LogP contribution in [0.5, 0.6) is 0 Å². The van der Waals surface area contributed by atoms with Crippen molar-refractivity contribution in [2.24, 2.45) is 0 Å². The van der Waals surface area contributed by atoms with Crippen LogP contribution in [0.3, 0.4) is 0 Å². The number of carbonyl (C=O) groups excluding carboxylic acids is 1. The van der Waals surface area contributed by atoms with Crippen molar-refractivity contribution in [3.8, 4) is 0 Å². The first-order chi connectivity index (χ1) is 10.6. The molecule has 2 heterocycles. The third-order valence-corrected chi connectivity index (χ3v) is 4.89. The van der Waals surface area contributed by atoms with Gasteiger partial charge >= 0.3 is 5.97 Å². The second-order valence-electron chi connectivity index (χ2n) is 5.28. The highest BCUT2D eigenvalue weighted by atomic mass is 32.1. The van der Waals surface area contributed by atoms with Gasteiger partial charge in [-0.25, -0.2) is 9.78 Å². The summed E-state index contributed by atoms with van der Waals surface area (Å²) in [6.45, 7) is 2.36. The van der Waals surface area contributed by atoms with Gasteiger partial charge in [0.25, 0.3) is 0 Å². The van der Waals surface area contributed by atoms with Crippen LogP contribution in [0.25, 0.3) is 0 Å². The number of aromatic carboxylic acids is 1. The minimum absolute atomic E-state index is 0.0298. The third-order valence-electron chi connectivity index (χ3n) is 3.75. The summed E-state index contributed by atoms with van der Waals surface area (Å²) in [5.41, 5.74) is 2.62. The SMILES string of the molecule is Cc1nc(CC(=O)N2CCCc3ccccc32)sc1C(=O)O. The maximum atomic E-state index is 12.6. The van der Waals surface area contributed by atoms with Crippen LogP contribution in [-0.4, -0.2) is 28.5 Å². The monoisotopic (exact) mass is 316 g/mol. The zero-order valence-electron chi connectivity index (χ0n) is 12.2. The molecule has 0 spiro atoms. The van der Waals surface area contributed by atoms with Crippen LogP contribution in [0.15, 0.2) is 24.3 Å². The molecule has 1 aliphatic heterocycles. The fourth-order valence-corrected chi connectivity index (χ4v) is 3.64. The van der Waals surface area contributed by atoms with Crippen LogP contribution in [0.2, 0.25) is 0 Å². The number of fused-ring (bicyclic) bond motifs is 1. The fraction of sp³-hybridized carbons (Fsp3) is 0.312. The number of carboxylic acid groups (broad SMARTS) is 1. The first kappa shape index (κ1) is 14.7. The lowest BCUT2D eigenvalue weighted by Gasteiger charge is -2.29. The number of carboxylic acids is 1. The molecular weight excluding hydrogens is 300 g/mol. The lowest BCUT2D eigenvalue weighted by Crippen LogP contribution is -2.36. The van der Waals surface area contributed by atoms with Gasteiger partial charge in [0.2, 0.25) is 5.91 Å². The Morgan fingerprint density at radius 1 is 1.36 bits per heavy atom. The van der Waals surface area contributed by atoms with Gasteiger partial charge in [-0.3, -0.25) is 4.79 Å². The Morgan fingerprint density at radius 3 is 2.86 bits per heavy atom. The Morgan fingerprint density at radius 2 is 2.14 bits per heavy atom. The van der Waals surface area contributed by atoms with Crippen LogP contribution in [-0.2, 0) is 17.6 Å². The Hall–Kier alpha value is -2.21. The number of aromatic nitrogens is 1. The Balaban J connectivity index is 1.81. The normalized spacial score (nSPS) is 13.8. The summed E-state index contributed by atoms with van der Waals surface area (Å²) in [6.07, 6.45) is 2.08. The molecule has 1 aromatic heterocycles. The average Bonchev–Trinajstić information content (AvgIpc) is 2.87. The van der Waals surface area contributed by atoms with Gasteiger partial charge in [0, 0.05) is 12.2 Å². The second-order valence-corrected chi connectivity index (χ2v) is 6.37. The van der Waals surface area contributed by atoms with Crippen molar-refractivity contribution in [2.45, 2.75) is 26.2 Å². The van der Waals surface area contributed by atoms with E-state index in [0.717, 1.165) is 29.9 Å². The van der Waals surface area contributed by atoms with Crippen molar-refractivity contribution < 1.29 is 14.7 Å². The molecule has 0 bridgehead atoms. The van der Waals surface area contributed by atoms with E-state index in [0.29, 0.717) is 17.2 Å². The number of hydrogen-bond acceptors (Lipinski definition) is 4. The van der Waals surface area contributed by atoms with Crippen molar-refractivity contribution in [1.82, 2.24) is 4.98 Å². The van der Waals surface area contributed by atoms with Crippen LogP contribution >= 0.6 is 11.3 Å². The predicted octanol–water partition coefficient (Wildman–Crippen LogP) is 2.67. The molecule has 5 nitrogen and oxygen atoms in total. The molecule has 1 aliphatic rings. The largest absolute Gasteiger partial charge is 0.477 e. The number of nitrogens with zero attached hydrogens (tertiary/aromatic N) is 2. The number of thiazole rings is 1. The second kappa shape index (κ2) is 5.88. The summed E-state index contributed by atoms with van der Waals surface area (Å²) in [7, 11) is 0. The maximum absolute atomic E-state index is 12.6. The van der Waals surface area contributed by atoms with E-state index in [1.54, 1.807) is 11.8 Å². The minimum atomic E-state index is -0.989. The van der Waals surface area contributed by atoms with Gasteiger partial charge < -0.3 is 10.0 Å². The summed E-state index contributed by atoms with van der Waals surface area (Å²) >= 11 is 1.08. The number of carbonyl (C=O) groups is 2. The summed E-state index contributed by atoms with van der Waals surface area (Å²) in [4.78, 5) is 29.8. The molecule has 1 amide bonds. The molecule has 1 N–H and O–H groups in total. The summed E-state index contributed by atoms with van der Waals surface area (Å²) in [5, 5.41) is 9.63. The Kier molecular flexibility index (Phi) is 3.94. The first-order valence-electron chi connectivity index (χ1n) is 7.14. The highest BCUT2D eigenvalue weighted by molar-refractivity contribution is 7.13. The van der Waals surface area contributed by atoms with Gasteiger partial charge in [0.15, 0.2) is 0 Å². The molecule has 3 rings (SSSR count). The lowest BCUT2D eigenvalue weighted by molar-refractivity contribution is -0.118. The summed E-state index contributed by atoms with van der Waals surface area (Å²) < 4.78 is 0. The predicted molar refractivity (Wildman–Crippen MR) is 84.6 cm³/mol. The number of amides is 1. The van der Waals surface area contributed by atoms with Crippen LogP contribution < -0.4 is 4.90 Å². The summed E-state index contributed by atoms with van der Waals surface area (Å²) in [5.74, 6) is -1.02. The van der Waals surface area contributed by atoms with Crippen LogP contribution in [0, 0.1) is 6.92 Å². The number of anilines is 1. The molecule has 2 aromatic rings. The van der Waals surface area contributed by atoms with Gasteiger partial charge in [0.1, 0.15) is 9.88 Å². The first-order valence-corrected chi connectivity index (χ1v) is 7.96. The smallest absolute Gasteiger partial charge is 0.347 e. The number of para-hydroxylation sites is 1. The molecule has 1 aromatic carbocycles. The molecule has 0 unspecified atom stereocenters. The van der Waals surface area contributed by atoms with E-state index in [9.17, 15) is 9.59 Å². The van der Waals surface area contributed by atoms with E-state index >= 15 is 0 Å². The van der Waals surface area contributed by atoms with Crippen LogP contribution in [0.1, 0.15) is 32.4 Å². The number of aryl methyl sites for hydroxylation is 2. The van der Waals surface area contributed by atoms with Gasteiger partial charge in [-0.1, -0.05) is 18.2 Å². The molecular formula is C16H16N2O3S. The quantitative estimate of drug-likeness (QED) is 0.945. The van der Waals surface area contributed by atoms with Crippen LogP contribution in [0.4, 0.5) is 5.69 Å². The highest BCUT2D eigenvalue weighted by Gasteiger charge is 2.24. The lowest BCUT2D eigenvalue weighted by atomic mass is 10.0. The fourth-order valence-electron chi connectivity index (χ4n) is 2.74. The third kappa shape index (κ3) is 2.74. The topological polar surface area (TPSA) is 70.5 Å². The number of rotatable bonds is 3. The number of benzene rings is 1. The Bertz CT molecular complexity index is 739. The molecule has 0 fully saturated rings. The number of hydrogen-bond donors (Lipinski definition) is 1. The molecule has 0 saturated heterocycles. The molecule has 0 aliphatic carbocycles. The van der Waals surface area contributed by atoms with Gasteiger partial charge in [0.05, 0.1) is 12.1 Å². The zero-order valence-corrected chi connectivity index (χ0v) is 13.0. The average molecular weight is 316 g/mol. The van der Waals surface area contributed by atoms with Gasteiger partial charge in [-0.15, -0.1) is 11.3 Å². The van der Waals surface area contributed by atoms with E-state index < -0.39 is 5.97 Å². The standard InChI is InChI=1S/C16H16N2O3S/c1-10-15(16(20)21)22-13(17-10)9-14(19)18-8-4-6-11-5-2-3-7-12(11)18/h2-3,5,7H,4,6,8-9H2,1H3,(H,20,21). The molecule has 22 heavy (non-hydrogen) atoms. The van der Waals surface area contributed by atoms with E-state index in [1.165, 1.54) is 5.56 Å². The molecule has 0 saturated carbocycles.